The molecule has 0 amide bonds. The van der Waals surface area contributed by atoms with Crippen LogP contribution in [0.15, 0.2) is 12.1 Å². The Morgan fingerprint density at radius 2 is 2.11 bits per heavy atom. The molecule has 0 saturated heterocycles. The Kier molecular flexibility index (Phi) is 4.23. The van der Waals surface area contributed by atoms with E-state index in [9.17, 15) is 13.9 Å². The number of rotatable bonds is 3. The first-order valence-electron chi connectivity index (χ1n) is 6.41. The monoisotopic (exact) mass is 382 g/mol. The molecule has 2 nitrogen and oxygen atoms in total. The first kappa shape index (κ1) is 14.8. The summed E-state index contributed by atoms with van der Waals surface area (Å²) in [7, 11) is 0. The SMILES string of the molecule is CCCCC1C(I)c2c(O)cc(C)cc2OC1(F)F. The van der Waals surface area contributed by atoms with Gasteiger partial charge in [0.15, 0.2) is 0 Å². The number of benzene rings is 1. The number of aromatic hydroxyl groups is 1. The lowest BCUT2D eigenvalue weighted by Gasteiger charge is -2.37. The van der Waals surface area contributed by atoms with Gasteiger partial charge < -0.3 is 9.84 Å². The highest BCUT2D eigenvalue weighted by Gasteiger charge is 2.51. The van der Waals surface area contributed by atoms with Crippen molar-refractivity contribution in [3.8, 4) is 11.5 Å². The topological polar surface area (TPSA) is 29.5 Å². The number of unbranched alkanes of at least 4 members (excludes halogenated alkanes) is 1. The Morgan fingerprint density at radius 3 is 2.74 bits per heavy atom. The van der Waals surface area contributed by atoms with Crippen molar-refractivity contribution in [2.75, 3.05) is 0 Å². The maximum atomic E-state index is 14.1. The minimum atomic E-state index is -3.17. The van der Waals surface area contributed by atoms with Gasteiger partial charge in [0.25, 0.3) is 0 Å². The average molecular weight is 382 g/mol. The Balaban J connectivity index is 2.42. The first-order valence-corrected chi connectivity index (χ1v) is 7.65. The predicted molar refractivity (Wildman–Crippen MR) is 78.2 cm³/mol. The Labute approximate surface area is 125 Å². The van der Waals surface area contributed by atoms with E-state index in [1.165, 1.54) is 0 Å². The third kappa shape index (κ3) is 2.80. The van der Waals surface area contributed by atoms with E-state index in [0.717, 1.165) is 12.8 Å². The maximum Gasteiger partial charge on any atom is 0.402 e. The Morgan fingerprint density at radius 1 is 1.42 bits per heavy atom. The summed E-state index contributed by atoms with van der Waals surface area (Å²) in [6.07, 6.45) is -1.19. The zero-order valence-corrected chi connectivity index (χ0v) is 13.1. The number of phenolic OH excluding ortho intramolecular Hbond substituents is 1. The van der Waals surface area contributed by atoms with Crippen LogP contribution in [0.1, 0.15) is 41.2 Å². The van der Waals surface area contributed by atoms with Gasteiger partial charge in [-0.3, -0.25) is 0 Å². The second-order valence-electron chi connectivity index (χ2n) is 5.01. The zero-order chi connectivity index (χ0) is 14.2. The second-order valence-corrected chi connectivity index (χ2v) is 6.35. The fourth-order valence-corrected chi connectivity index (χ4v) is 3.84. The van der Waals surface area contributed by atoms with Crippen LogP contribution in [0.5, 0.6) is 11.5 Å². The van der Waals surface area contributed by atoms with E-state index >= 15 is 0 Å². The van der Waals surface area contributed by atoms with Crippen LogP contribution in [0, 0.1) is 12.8 Å². The van der Waals surface area contributed by atoms with Crippen LogP contribution in [-0.2, 0) is 0 Å². The number of hydrogen-bond acceptors (Lipinski definition) is 2. The van der Waals surface area contributed by atoms with E-state index in [1.54, 1.807) is 19.1 Å². The predicted octanol–water partition coefficient (Wildman–Crippen LogP) is 4.97. The van der Waals surface area contributed by atoms with Gasteiger partial charge in [-0.2, -0.15) is 8.78 Å². The van der Waals surface area contributed by atoms with Crippen LogP contribution in [-0.4, -0.2) is 11.2 Å². The zero-order valence-electron chi connectivity index (χ0n) is 10.9. The quantitative estimate of drug-likeness (QED) is 0.591. The lowest BCUT2D eigenvalue weighted by Crippen LogP contribution is -2.40. The molecule has 5 heteroatoms. The van der Waals surface area contributed by atoms with Gasteiger partial charge in [0.2, 0.25) is 0 Å². The van der Waals surface area contributed by atoms with Crippen LogP contribution in [0.2, 0.25) is 0 Å². The minimum Gasteiger partial charge on any atom is -0.507 e. The molecule has 2 rings (SSSR count). The van der Waals surface area contributed by atoms with E-state index in [4.69, 9.17) is 4.74 Å². The molecule has 1 aliphatic heterocycles. The van der Waals surface area contributed by atoms with Gasteiger partial charge in [-0.05, 0) is 31.0 Å². The van der Waals surface area contributed by atoms with E-state index in [2.05, 4.69) is 0 Å². The van der Waals surface area contributed by atoms with Gasteiger partial charge in [-0.25, -0.2) is 0 Å². The third-order valence-electron chi connectivity index (χ3n) is 3.44. The van der Waals surface area contributed by atoms with Gasteiger partial charge in [0.1, 0.15) is 11.5 Å². The van der Waals surface area contributed by atoms with Gasteiger partial charge >= 0.3 is 6.11 Å². The molecule has 106 valence electrons. The summed E-state index contributed by atoms with van der Waals surface area (Å²) in [5.41, 5.74) is 1.21. The summed E-state index contributed by atoms with van der Waals surface area (Å²) in [5, 5.41) is 9.99. The first-order chi connectivity index (χ1) is 8.86. The second kappa shape index (κ2) is 5.42. The summed E-state index contributed by atoms with van der Waals surface area (Å²) >= 11 is 1.99. The highest BCUT2D eigenvalue weighted by atomic mass is 127. The van der Waals surface area contributed by atoms with Crippen molar-refractivity contribution < 1.29 is 18.6 Å². The molecule has 1 N–H and O–H groups in total. The number of hydrogen-bond donors (Lipinski definition) is 1. The van der Waals surface area contributed by atoms with Crippen LogP contribution in [0.4, 0.5) is 8.78 Å². The number of alkyl halides is 3. The minimum absolute atomic E-state index is 0.0476. The summed E-state index contributed by atoms with van der Waals surface area (Å²) < 4.78 is 32.6. The highest BCUT2D eigenvalue weighted by Crippen LogP contribution is 2.54. The van der Waals surface area contributed by atoms with Gasteiger partial charge in [0, 0.05) is 5.56 Å². The molecule has 0 aliphatic carbocycles. The van der Waals surface area contributed by atoms with Crippen LogP contribution in [0.3, 0.4) is 0 Å². The molecule has 0 bridgehead atoms. The largest absolute Gasteiger partial charge is 0.507 e. The van der Waals surface area contributed by atoms with Gasteiger partial charge in [0.05, 0.1) is 9.84 Å². The summed E-state index contributed by atoms with van der Waals surface area (Å²) in [6, 6.07) is 3.15. The lowest BCUT2D eigenvalue weighted by atomic mass is 9.89. The molecule has 1 heterocycles. The van der Waals surface area contributed by atoms with E-state index in [0.29, 0.717) is 17.5 Å². The van der Waals surface area contributed by atoms with Crippen LogP contribution >= 0.6 is 22.6 Å². The Hall–Kier alpha value is -0.590. The van der Waals surface area contributed by atoms with Crippen molar-refractivity contribution in [3.05, 3.63) is 23.3 Å². The molecule has 0 radical (unpaired) electrons. The number of halogens is 3. The molecule has 0 aromatic heterocycles. The van der Waals surface area contributed by atoms with Gasteiger partial charge in [-0.15, -0.1) is 0 Å². The molecule has 0 spiro atoms. The average Bonchev–Trinajstić information content (AvgIpc) is 2.26. The summed E-state index contributed by atoms with van der Waals surface area (Å²) in [6.45, 7) is 3.71. The van der Waals surface area contributed by atoms with Crippen molar-refractivity contribution in [2.45, 2.75) is 43.1 Å². The number of ether oxygens (including phenoxy) is 1. The van der Waals surface area contributed by atoms with E-state index < -0.39 is 16.0 Å². The molecule has 1 aliphatic rings. The normalized spacial score (nSPS) is 24.7. The van der Waals surface area contributed by atoms with E-state index in [1.807, 2.05) is 29.5 Å². The van der Waals surface area contributed by atoms with E-state index in [-0.39, 0.29) is 11.5 Å². The number of aryl methyl sites for hydroxylation is 1. The van der Waals surface area contributed by atoms with Crippen molar-refractivity contribution >= 4 is 22.6 Å². The number of phenols is 1. The molecule has 2 atom stereocenters. The lowest BCUT2D eigenvalue weighted by molar-refractivity contribution is -0.224. The smallest absolute Gasteiger partial charge is 0.402 e. The molecule has 1 aromatic carbocycles. The Bertz CT molecular complexity index is 477. The van der Waals surface area contributed by atoms with Crippen LogP contribution < -0.4 is 4.74 Å². The molecular weight excluding hydrogens is 365 g/mol. The van der Waals surface area contributed by atoms with Crippen molar-refractivity contribution in [3.63, 3.8) is 0 Å². The molecule has 19 heavy (non-hydrogen) atoms. The summed E-state index contributed by atoms with van der Waals surface area (Å²) in [5.74, 6) is -0.741. The number of fused-ring (bicyclic) bond motifs is 1. The maximum absolute atomic E-state index is 14.1. The van der Waals surface area contributed by atoms with Crippen molar-refractivity contribution in [1.29, 1.82) is 0 Å². The fourth-order valence-electron chi connectivity index (χ4n) is 2.44. The molecule has 2 unspecified atom stereocenters. The highest BCUT2D eigenvalue weighted by molar-refractivity contribution is 14.1. The van der Waals surface area contributed by atoms with Crippen molar-refractivity contribution in [1.82, 2.24) is 0 Å². The fraction of sp³-hybridized carbons (Fsp3) is 0.571. The molecule has 0 saturated carbocycles. The molecular formula is C14H17F2IO2. The molecule has 0 fully saturated rings. The van der Waals surface area contributed by atoms with Crippen molar-refractivity contribution in [2.24, 2.45) is 5.92 Å². The van der Waals surface area contributed by atoms with Crippen LogP contribution in [0.25, 0.3) is 0 Å². The molecule has 1 aromatic rings. The standard InChI is InChI=1S/C14H17F2IO2/c1-3-4-5-9-13(17)12-10(18)6-8(2)7-11(12)19-14(9,15)16/h6-7,9,13,18H,3-5H2,1-2H3. The third-order valence-corrected chi connectivity index (χ3v) is 4.93. The van der Waals surface area contributed by atoms with Gasteiger partial charge in [-0.1, -0.05) is 42.4 Å². The summed E-state index contributed by atoms with van der Waals surface area (Å²) in [4.78, 5) is 0.